The summed E-state index contributed by atoms with van der Waals surface area (Å²) < 4.78 is 7.61. The van der Waals surface area contributed by atoms with Crippen LogP contribution in [0.1, 0.15) is 72.6 Å². The van der Waals surface area contributed by atoms with Crippen LogP contribution >= 0.6 is 0 Å². The van der Waals surface area contributed by atoms with Gasteiger partial charge in [-0.15, -0.1) is 0 Å². The average Bonchev–Trinajstić information content (AvgIpc) is 2.37. The second-order valence-corrected chi connectivity index (χ2v) is 18.5. The zero-order chi connectivity index (χ0) is 13.0. The third-order valence-electron chi connectivity index (χ3n) is 3.79. The van der Waals surface area contributed by atoms with E-state index in [0.717, 1.165) is 0 Å². The summed E-state index contributed by atoms with van der Waals surface area (Å²) in [6.07, 6.45) is 12.3. The van der Waals surface area contributed by atoms with Crippen LogP contribution in [0.15, 0.2) is 10.2 Å². The normalized spacial score (nSPS) is 12.5. The third kappa shape index (κ3) is 8.29. The summed E-state index contributed by atoms with van der Waals surface area (Å²) >= 11 is -1.87. The first-order valence-corrected chi connectivity index (χ1v) is 15.6. The van der Waals surface area contributed by atoms with E-state index < -0.39 is 18.4 Å². The molecule has 0 rings (SSSR count). The molecule has 0 saturated carbocycles. The summed E-state index contributed by atoms with van der Waals surface area (Å²) in [5.74, 6) is 0. The van der Waals surface area contributed by atoms with Gasteiger partial charge in [-0.3, -0.25) is 0 Å². The molecule has 0 saturated heterocycles. The monoisotopic (exact) mass is 346 g/mol. The van der Waals surface area contributed by atoms with Gasteiger partial charge in [-0.1, -0.05) is 0 Å². The fourth-order valence-electron chi connectivity index (χ4n) is 2.58. The molecule has 0 fully saturated rings. The molecule has 0 aromatic carbocycles. The van der Waals surface area contributed by atoms with Crippen molar-refractivity contribution in [3.05, 3.63) is 10.2 Å². The van der Waals surface area contributed by atoms with E-state index >= 15 is 0 Å². The van der Waals surface area contributed by atoms with Crippen molar-refractivity contribution in [3.63, 3.8) is 0 Å². The van der Waals surface area contributed by atoms with E-state index in [9.17, 15) is 0 Å². The minimum absolute atomic E-state index is 1.24. The van der Waals surface area contributed by atoms with Crippen molar-refractivity contribution in [1.29, 1.82) is 0 Å². The molecule has 0 N–H and O–H groups in total. The number of hydrogen-bond acceptors (Lipinski definition) is 0. The molecule has 0 bridgehead atoms. The Bertz CT molecular complexity index is 162. The summed E-state index contributed by atoms with van der Waals surface area (Å²) in [4.78, 5) is 0. The van der Waals surface area contributed by atoms with Crippen molar-refractivity contribution in [3.8, 4) is 0 Å². The number of hydrogen-bond donors (Lipinski definition) is 0. The first kappa shape index (κ1) is 17.5. The van der Waals surface area contributed by atoms with E-state index in [-0.39, 0.29) is 0 Å². The van der Waals surface area contributed by atoms with E-state index in [1.54, 1.807) is 13.3 Å². The Morgan fingerprint density at radius 3 is 1.41 bits per heavy atom. The van der Waals surface area contributed by atoms with Gasteiger partial charge in [0.2, 0.25) is 0 Å². The second-order valence-electron chi connectivity index (χ2n) is 5.48. The van der Waals surface area contributed by atoms with E-state index in [1.807, 2.05) is 0 Å². The molecule has 0 aliphatic heterocycles. The predicted molar refractivity (Wildman–Crippen MR) is 84.3 cm³/mol. The minimum atomic E-state index is -1.87. The summed E-state index contributed by atoms with van der Waals surface area (Å²) in [5, 5.41) is 0. The van der Waals surface area contributed by atoms with Crippen LogP contribution in [0, 0.1) is 0 Å². The molecule has 0 heterocycles. The van der Waals surface area contributed by atoms with Crippen LogP contribution in [0.5, 0.6) is 0 Å². The molecule has 17 heavy (non-hydrogen) atoms. The maximum atomic E-state index is 2.77. The van der Waals surface area contributed by atoms with Gasteiger partial charge in [0.25, 0.3) is 0 Å². The zero-order valence-electron chi connectivity index (χ0n) is 12.7. The van der Waals surface area contributed by atoms with Gasteiger partial charge < -0.3 is 0 Å². The molecule has 0 radical (unpaired) electrons. The molecule has 0 atom stereocenters. The van der Waals surface area contributed by atoms with Gasteiger partial charge >= 0.3 is 114 Å². The van der Waals surface area contributed by atoms with Crippen LogP contribution in [0.25, 0.3) is 0 Å². The quantitative estimate of drug-likeness (QED) is 0.383. The molecule has 0 aliphatic carbocycles. The number of rotatable bonds is 11. The third-order valence-corrected chi connectivity index (χ3v) is 18.0. The number of unbranched alkanes of at least 4 members (excludes halogenated alkanes) is 3. The van der Waals surface area contributed by atoms with Crippen LogP contribution in [0.3, 0.4) is 0 Å². The van der Waals surface area contributed by atoms with Gasteiger partial charge in [0.15, 0.2) is 0 Å². The summed E-state index contributed by atoms with van der Waals surface area (Å²) in [6.45, 7) is 9.33. The van der Waals surface area contributed by atoms with Crippen LogP contribution in [0.4, 0.5) is 0 Å². The molecule has 102 valence electrons. The van der Waals surface area contributed by atoms with E-state index in [0.29, 0.717) is 0 Å². The molecule has 1 heteroatoms. The molecular formula is C16H34Sn. The average molecular weight is 345 g/mol. The van der Waals surface area contributed by atoms with Gasteiger partial charge in [0, 0.05) is 0 Å². The van der Waals surface area contributed by atoms with E-state index in [2.05, 4.69) is 37.9 Å². The van der Waals surface area contributed by atoms with Gasteiger partial charge in [-0.25, -0.2) is 0 Å². The molecule has 0 unspecified atom stereocenters. The van der Waals surface area contributed by atoms with Crippen molar-refractivity contribution >= 4 is 18.4 Å². The van der Waals surface area contributed by atoms with Gasteiger partial charge in [-0.05, 0) is 0 Å². The molecule has 0 aliphatic rings. The molecule has 0 spiro atoms. The van der Waals surface area contributed by atoms with Crippen molar-refractivity contribution < 1.29 is 0 Å². The van der Waals surface area contributed by atoms with Gasteiger partial charge in [0.1, 0.15) is 0 Å². The Balaban J connectivity index is 4.57. The zero-order valence-corrected chi connectivity index (χ0v) is 15.6. The number of allylic oxidation sites excluding steroid dienone is 1. The van der Waals surface area contributed by atoms with Crippen molar-refractivity contribution in [2.75, 3.05) is 0 Å². The fourth-order valence-corrected chi connectivity index (χ4v) is 17.3. The van der Waals surface area contributed by atoms with Crippen molar-refractivity contribution in [2.45, 2.75) is 86.0 Å². The Morgan fingerprint density at radius 1 is 0.706 bits per heavy atom. The Hall–Kier alpha value is 0.539. The van der Waals surface area contributed by atoms with Crippen LogP contribution in [-0.2, 0) is 0 Å². The molecule has 0 aromatic rings. The Morgan fingerprint density at radius 2 is 1.12 bits per heavy atom. The predicted octanol–water partition coefficient (Wildman–Crippen LogP) is 6.34. The molecular weight excluding hydrogens is 311 g/mol. The van der Waals surface area contributed by atoms with Crippen LogP contribution < -0.4 is 0 Å². The molecule has 0 aromatic heterocycles. The Labute approximate surface area is 114 Å². The summed E-state index contributed by atoms with van der Waals surface area (Å²) in [5.41, 5.74) is 0. The maximum absolute atomic E-state index is 2.77. The SMILES string of the molecule is CC/C=[CH]/[Sn]([CH2]CCC)([CH2]CCC)[CH2]CCC. The van der Waals surface area contributed by atoms with Crippen LogP contribution in [0.2, 0.25) is 13.3 Å². The standard InChI is InChI=1S/3C4H9.C4H7.Sn/c4*1-3-4-2;/h3*1,3-4H2,2H3;1,3H,4H2,2H3;. The molecule has 0 nitrogen and oxygen atoms in total. The van der Waals surface area contributed by atoms with Gasteiger partial charge in [-0.2, -0.15) is 0 Å². The Kier molecular flexibility index (Phi) is 12.0. The summed E-state index contributed by atoms with van der Waals surface area (Å²) in [6, 6.07) is 0. The topological polar surface area (TPSA) is 0 Å². The first-order valence-electron chi connectivity index (χ1n) is 7.92. The van der Waals surface area contributed by atoms with Crippen LogP contribution in [-0.4, -0.2) is 18.4 Å². The van der Waals surface area contributed by atoms with Crippen molar-refractivity contribution in [2.24, 2.45) is 0 Å². The summed E-state index contributed by atoms with van der Waals surface area (Å²) in [7, 11) is 0. The van der Waals surface area contributed by atoms with E-state index in [4.69, 9.17) is 0 Å². The molecule has 0 amide bonds. The fraction of sp³-hybridized carbons (Fsp3) is 0.875. The van der Waals surface area contributed by atoms with Gasteiger partial charge in [0.05, 0.1) is 0 Å². The van der Waals surface area contributed by atoms with E-state index in [1.165, 1.54) is 44.9 Å². The first-order chi connectivity index (χ1) is 8.24. The second kappa shape index (κ2) is 11.6. The van der Waals surface area contributed by atoms with Crippen molar-refractivity contribution in [1.82, 2.24) is 0 Å².